The number of ether oxygens (including phenoxy) is 1. The molecular weight excluding hydrogens is 280 g/mol. The van der Waals surface area contributed by atoms with Gasteiger partial charge >= 0.3 is 5.69 Å². The monoisotopic (exact) mass is 290 g/mol. The zero-order valence-corrected chi connectivity index (χ0v) is 10.8. The quantitative estimate of drug-likeness (QED) is 0.647. The first-order valence-corrected chi connectivity index (χ1v) is 5.74. The molecule has 0 atom stereocenters. The van der Waals surface area contributed by atoms with Crippen LogP contribution >= 0.6 is 0 Å². The number of amides is 1. The number of nitro groups is 1. The Morgan fingerprint density at radius 2 is 2.24 bits per heavy atom. The Labute approximate surface area is 117 Å². The highest BCUT2D eigenvalue weighted by molar-refractivity contribution is 5.87. The number of hydrogen-bond donors (Lipinski definition) is 2. The predicted molar refractivity (Wildman–Crippen MR) is 72.3 cm³/mol. The minimum absolute atomic E-state index is 0.0329. The number of aromatic nitrogens is 2. The summed E-state index contributed by atoms with van der Waals surface area (Å²) in [7, 11) is 0. The number of nitrogens with zero attached hydrogens (tertiary/aromatic N) is 2. The number of hydrogen-bond acceptors (Lipinski definition) is 6. The van der Waals surface area contributed by atoms with Crippen LogP contribution in [0.5, 0.6) is 11.6 Å². The van der Waals surface area contributed by atoms with Crippen molar-refractivity contribution in [3.05, 3.63) is 50.9 Å². The molecule has 2 rings (SSSR count). The van der Waals surface area contributed by atoms with Gasteiger partial charge in [0.15, 0.2) is 0 Å². The third kappa shape index (κ3) is 3.62. The lowest BCUT2D eigenvalue weighted by Gasteiger charge is -2.06. The molecule has 0 fully saturated rings. The number of pyridine rings is 2. The molecule has 9 heteroatoms. The molecule has 2 heterocycles. The van der Waals surface area contributed by atoms with E-state index in [0.717, 1.165) is 12.3 Å². The van der Waals surface area contributed by atoms with Crippen molar-refractivity contribution in [1.29, 1.82) is 0 Å². The molecule has 0 aliphatic carbocycles. The largest absolute Gasteiger partial charge is 0.441 e. The Bertz CT molecular complexity index is 755. The van der Waals surface area contributed by atoms with Gasteiger partial charge in [-0.2, -0.15) is 0 Å². The van der Waals surface area contributed by atoms with Crippen molar-refractivity contribution in [1.82, 2.24) is 9.97 Å². The molecule has 2 aromatic heterocycles. The zero-order chi connectivity index (χ0) is 15.4. The van der Waals surface area contributed by atoms with E-state index in [2.05, 4.69) is 15.3 Å². The van der Waals surface area contributed by atoms with E-state index in [0.29, 0.717) is 5.75 Å². The molecule has 0 saturated heterocycles. The van der Waals surface area contributed by atoms with E-state index >= 15 is 0 Å². The minimum Gasteiger partial charge on any atom is -0.441 e. The van der Waals surface area contributed by atoms with E-state index in [4.69, 9.17) is 4.74 Å². The summed E-state index contributed by atoms with van der Waals surface area (Å²) in [4.78, 5) is 38.5. The lowest BCUT2D eigenvalue weighted by atomic mass is 10.4. The van der Waals surface area contributed by atoms with Gasteiger partial charge in [-0.3, -0.25) is 19.7 Å². The Kier molecular flexibility index (Phi) is 3.93. The fourth-order valence-electron chi connectivity index (χ4n) is 1.50. The van der Waals surface area contributed by atoms with Gasteiger partial charge in [-0.1, -0.05) is 0 Å². The first kappa shape index (κ1) is 14.2. The summed E-state index contributed by atoms with van der Waals surface area (Å²) in [5, 5.41) is 13.0. The van der Waals surface area contributed by atoms with Crippen LogP contribution in [0.4, 0.5) is 11.5 Å². The van der Waals surface area contributed by atoms with E-state index in [1.54, 1.807) is 0 Å². The molecule has 1 amide bonds. The molecule has 0 aromatic carbocycles. The van der Waals surface area contributed by atoms with E-state index in [1.807, 2.05) is 0 Å². The van der Waals surface area contributed by atoms with Gasteiger partial charge in [0.1, 0.15) is 11.6 Å². The molecule has 2 N–H and O–H groups in total. The summed E-state index contributed by atoms with van der Waals surface area (Å²) >= 11 is 0. The average molecular weight is 290 g/mol. The third-order valence-electron chi connectivity index (χ3n) is 2.33. The van der Waals surface area contributed by atoms with Crippen molar-refractivity contribution in [2.24, 2.45) is 0 Å². The van der Waals surface area contributed by atoms with Crippen molar-refractivity contribution in [3.63, 3.8) is 0 Å². The van der Waals surface area contributed by atoms with Crippen molar-refractivity contribution < 1.29 is 14.5 Å². The van der Waals surface area contributed by atoms with Gasteiger partial charge in [-0.05, 0) is 6.07 Å². The van der Waals surface area contributed by atoms with Gasteiger partial charge in [0.05, 0.1) is 17.2 Å². The van der Waals surface area contributed by atoms with Crippen LogP contribution in [-0.2, 0) is 4.79 Å². The second-order valence-corrected chi connectivity index (χ2v) is 3.96. The van der Waals surface area contributed by atoms with Crippen LogP contribution in [0.2, 0.25) is 0 Å². The number of carbonyl (C=O) groups excluding carboxylic acids is 1. The van der Waals surface area contributed by atoms with Crippen molar-refractivity contribution in [2.45, 2.75) is 6.92 Å². The molecule has 0 aliphatic heterocycles. The smallest absolute Gasteiger partial charge is 0.332 e. The maximum Gasteiger partial charge on any atom is 0.332 e. The summed E-state index contributed by atoms with van der Waals surface area (Å²) in [6.07, 6.45) is 2.36. The average Bonchev–Trinajstić information content (AvgIpc) is 2.37. The van der Waals surface area contributed by atoms with Crippen LogP contribution in [0.25, 0.3) is 0 Å². The van der Waals surface area contributed by atoms with Gasteiger partial charge in [-0.25, -0.2) is 4.98 Å². The minimum atomic E-state index is -0.788. The highest BCUT2D eigenvalue weighted by atomic mass is 16.6. The maximum atomic E-state index is 11.5. The third-order valence-corrected chi connectivity index (χ3v) is 2.33. The predicted octanol–water partition coefficient (Wildman–Crippen LogP) is 1.43. The highest BCUT2D eigenvalue weighted by Gasteiger charge is 2.12. The molecule has 108 valence electrons. The molecule has 21 heavy (non-hydrogen) atoms. The van der Waals surface area contributed by atoms with Crippen molar-refractivity contribution >= 4 is 17.4 Å². The van der Waals surface area contributed by atoms with Crippen molar-refractivity contribution in [2.75, 3.05) is 5.32 Å². The summed E-state index contributed by atoms with van der Waals surface area (Å²) in [6.45, 7) is 1.34. The number of anilines is 1. The molecular formula is C12H10N4O5. The molecule has 0 saturated carbocycles. The highest BCUT2D eigenvalue weighted by Crippen LogP contribution is 2.20. The Balaban J connectivity index is 2.22. The number of aromatic amines is 1. The van der Waals surface area contributed by atoms with Gasteiger partial charge in [0.25, 0.3) is 5.43 Å². The first-order chi connectivity index (χ1) is 9.95. The van der Waals surface area contributed by atoms with Gasteiger partial charge in [-0.15, -0.1) is 0 Å². The summed E-state index contributed by atoms with van der Waals surface area (Å²) in [5.41, 5.74) is -1.35. The Hall–Kier alpha value is -3.23. The zero-order valence-electron chi connectivity index (χ0n) is 10.8. The standard InChI is InChI=1S/C12H10N4O5/c1-7(17)15-11-4-8(2-3-13-11)21-12-5-10(18)9(6-14-12)16(19)20/h2-6H,1H3,(H,14,18)(H,13,15,17). The molecule has 2 aromatic rings. The Morgan fingerprint density at radius 1 is 1.48 bits per heavy atom. The Morgan fingerprint density at radius 3 is 2.86 bits per heavy atom. The normalized spacial score (nSPS) is 9.95. The van der Waals surface area contributed by atoms with Crippen LogP contribution in [0, 0.1) is 10.1 Å². The van der Waals surface area contributed by atoms with Crippen molar-refractivity contribution in [3.8, 4) is 11.6 Å². The molecule has 0 aliphatic rings. The summed E-state index contributed by atoms with van der Waals surface area (Å²) < 4.78 is 5.35. The molecule has 0 unspecified atom stereocenters. The fraction of sp³-hybridized carbons (Fsp3) is 0.0833. The van der Waals surface area contributed by atoms with E-state index in [1.165, 1.54) is 25.3 Å². The van der Waals surface area contributed by atoms with E-state index < -0.39 is 16.0 Å². The molecule has 9 nitrogen and oxygen atoms in total. The van der Waals surface area contributed by atoms with Gasteiger partial charge in [0.2, 0.25) is 11.8 Å². The summed E-state index contributed by atoms with van der Waals surface area (Å²) in [5.74, 6) is 0.330. The lowest BCUT2D eigenvalue weighted by molar-refractivity contribution is -0.386. The van der Waals surface area contributed by atoms with E-state index in [9.17, 15) is 19.7 Å². The molecule has 0 bridgehead atoms. The van der Waals surface area contributed by atoms with Gasteiger partial charge < -0.3 is 15.0 Å². The van der Waals surface area contributed by atoms with Crippen LogP contribution in [0.15, 0.2) is 35.4 Å². The summed E-state index contributed by atoms with van der Waals surface area (Å²) in [6, 6.07) is 3.92. The van der Waals surface area contributed by atoms with Crippen LogP contribution in [-0.4, -0.2) is 20.8 Å². The van der Waals surface area contributed by atoms with E-state index in [-0.39, 0.29) is 17.6 Å². The number of nitrogens with one attached hydrogen (secondary N) is 2. The number of carbonyl (C=O) groups is 1. The SMILES string of the molecule is CC(=O)Nc1cc(Oc2cc(=O)c([N+](=O)[O-])c[nH]2)ccn1. The fourth-order valence-corrected chi connectivity index (χ4v) is 1.50. The molecule has 0 spiro atoms. The van der Waals surface area contributed by atoms with Crippen LogP contribution in [0.1, 0.15) is 6.92 Å². The molecule has 0 radical (unpaired) electrons. The first-order valence-electron chi connectivity index (χ1n) is 5.74. The van der Waals surface area contributed by atoms with Crippen LogP contribution < -0.4 is 15.5 Å². The van der Waals surface area contributed by atoms with Gasteiger partial charge in [0, 0.05) is 19.2 Å². The number of rotatable bonds is 4. The van der Waals surface area contributed by atoms with Crippen LogP contribution in [0.3, 0.4) is 0 Å². The second kappa shape index (κ2) is 5.82. The maximum absolute atomic E-state index is 11.5. The number of H-pyrrole nitrogens is 1. The second-order valence-electron chi connectivity index (χ2n) is 3.96. The lowest BCUT2D eigenvalue weighted by Crippen LogP contribution is -2.08. The topological polar surface area (TPSA) is 127 Å².